The van der Waals surface area contributed by atoms with Crippen molar-refractivity contribution in [3.05, 3.63) is 58.9 Å². The lowest BCUT2D eigenvalue weighted by Gasteiger charge is -2.28. The van der Waals surface area contributed by atoms with Gasteiger partial charge in [0.25, 0.3) is 5.91 Å². The van der Waals surface area contributed by atoms with Gasteiger partial charge in [-0.2, -0.15) is 0 Å². The van der Waals surface area contributed by atoms with Crippen LogP contribution in [-0.2, 0) is 18.3 Å². The van der Waals surface area contributed by atoms with E-state index in [0.717, 1.165) is 35.5 Å². The van der Waals surface area contributed by atoms with Gasteiger partial charge in [-0.1, -0.05) is 35.9 Å². The number of anilines is 1. The van der Waals surface area contributed by atoms with Gasteiger partial charge in [-0.15, -0.1) is 0 Å². The Hall–Kier alpha value is -2.57. The highest BCUT2D eigenvalue weighted by atomic mass is 35.5. The van der Waals surface area contributed by atoms with Gasteiger partial charge in [-0.25, -0.2) is 4.98 Å². The van der Waals surface area contributed by atoms with E-state index in [4.69, 9.17) is 16.3 Å². The molecular weight excluding hydrogens is 364 g/mol. The number of fused-ring (bicyclic) bond motifs is 1. The van der Waals surface area contributed by atoms with Gasteiger partial charge in [0, 0.05) is 31.0 Å². The van der Waals surface area contributed by atoms with Crippen molar-refractivity contribution in [1.29, 1.82) is 0 Å². The number of ether oxygens (including phenoxy) is 1. The summed E-state index contributed by atoms with van der Waals surface area (Å²) in [6, 6.07) is 13.6. The second-order valence-electron chi connectivity index (χ2n) is 6.51. The highest BCUT2D eigenvalue weighted by Crippen LogP contribution is 2.29. The Bertz CT molecular complexity index is 940. The number of hydrogen-bond donors (Lipinski definition) is 1. The molecule has 0 saturated carbocycles. The smallest absolute Gasteiger partial charge is 0.269 e. The molecule has 0 aliphatic carbocycles. The molecule has 0 bridgehead atoms. The van der Waals surface area contributed by atoms with Crippen molar-refractivity contribution in [3.8, 4) is 0 Å². The van der Waals surface area contributed by atoms with E-state index in [2.05, 4.69) is 15.2 Å². The molecule has 0 radical (unpaired) electrons. The van der Waals surface area contributed by atoms with Gasteiger partial charge in [0.05, 0.1) is 30.5 Å². The van der Waals surface area contributed by atoms with Crippen molar-refractivity contribution in [2.75, 3.05) is 31.2 Å². The van der Waals surface area contributed by atoms with E-state index in [1.54, 1.807) is 0 Å². The molecule has 1 amide bonds. The lowest BCUT2D eigenvalue weighted by Crippen LogP contribution is -2.37. The normalized spacial score (nSPS) is 14.5. The second-order valence-corrected chi connectivity index (χ2v) is 6.89. The van der Waals surface area contributed by atoms with Crippen molar-refractivity contribution >= 4 is 34.2 Å². The highest BCUT2D eigenvalue weighted by molar-refractivity contribution is 6.38. The molecule has 1 fully saturated rings. The van der Waals surface area contributed by atoms with Gasteiger partial charge in [-0.05, 0) is 18.2 Å². The maximum Gasteiger partial charge on any atom is 0.269 e. The number of carbonyl (C=O) groups excluding carboxylic acids is 1. The molecule has 0 unspecified atom stereocenters. The second kappa shape index (κ2) is 7.58. The number of amides is 1. The molecule has 1 saturated heterocycles. The number of morpholine rings is 1. The average molecular weight is 385 g/mol. The minimum Gasteiger partial charge on any atom is -0.378 e. The number of nitrogens with zero attached hydrogens (tertiary/aromatic N) is 3. The zero-order valence-electron chi connectivity index (χ0n) is 15.1. The molecule has 0 atom stereocenters. The summed E-state index contributed by atoms with van der Waals surface area (Å²) in [5.41, 5.74) is 2.20. The van der Waals surface area contributed by atoms with Gasteiger partial charge >= 0.3 is 0 Å². The number of para-hydroxylation sites is 1. The first-order valence-electron chi connectivity index (χ1n) is 8.95. The summed E-state index contributed by atoms with van der Waals surface area (Å²) in [7, 11) is 1.85. The van der Waals surface area contributed by atoms with Crippen LogP contribution in [0.5, 0.6) is 0 Å². The van der Waals surface area contributed by atoms with E-state index < -0.39 is 0 Å². The summed E-state index contributed by atoms with van der Waals surface area (Å²) in [4.78, 5) is 19.6. The predicted molar refractivity (Wildman–Crippen MR) is 106 cm³/mol. The van der Waals surface area contributed by atoms with Gasteiger partial charge in [0.15, 0.2) is 0 Å². The van der Waals surface area contributed by atoms with Crippen molar-refractivity contribution in [2.45, 2.75) is 6.54 Å². The zero-order chi connectivity index (χ0) is 18.8. The number of hydrogen-bond acceptors (Lipinski definition) is 4. The summed E-state index contributed by atoms with van der Waals surface area (Å²) < 4.78 is 7.21. The summed E-state index contributed by atoms with van der Waals surface area (Å²) in [6.07, 6.45) is 0. The van der Waals surface area contributed by atoms with E-state index in [0.29, 0.717) is 30.5 Å². The van der Waals surface area contributed by atoms with Crippen LogP contribution < -0.4 is 10.2 Å². The molecule has 3 heterocycles. The fourth-order valence-corrected chi connectivity index (χ4v) is 3.76. The van der Waals surface area contributed by atoms with Gasteiger partial charge in [0.2, 0.25) is 0 Å². The molecule has 1 N–H and O–H groups in total. The molecular formula is C20H21ClN4O2. The minimum absolute atomic E-state index is 0.211. The molecule has 140 valence electrons. The van der Waals surface area contributed by atoms with E-state index in [9.17, 15) is 4.79 Å². The number of rotatable bonds is 4. The summed E-state index contributed by atoms with van der Waals surface area (Å²) in [5, 5.41) is 4.29. The molecule has 2 aromatic heterocycles. The molecule has 0 spiro atoms. The third-order valence-electron chi connectivity index (χ3n) is 4.82. The molecule has 4 rings (SSSR count). The van der Waals surface area contributed by atoms with Crippen LogP contribution in [0, 0.1) is 0 Å². The first kappa shape index (κ1) is 17.8. The third kappa shape index (κ3) is 3.50. The van der Waals surface area contributed by atoms with Crippen molar-refractivity contribution in [1.82, 2.24) is 14.9 Å². The SMILES string of the molecule is Cn1c(C(=O)NCc2cccc(N3CCOCC3)n2)c(Cl)c2ccccc21. The summed E-state index contributed by atoms with van der Waals surface area (Å²) in [5.74, 6) is 0.699. The molecule has 1 aromatic carbocycles. The van der Waals surface area contributed by atoms with E-state index in [1.165, 1.54) is 0 Å². The molecule has 6 nitrogen and oxygen atoms in total. The monoisotopic (exact) mass is 384 g/mol. The predicted octanol–water partition coefficient (Wildman–Crippen LogP) is 2.99. The molecule has 7 heteroatoms. The lowest BCUT2D eigenvalue weighted by atomic mass is 10.2. The third-order valence-corrected chi connectivity index (χ3v) is 5.20. The first-order chi connectivity index (χ1) is 13.1. The van der Waals surface area contributed by atoms with Crippen LogP contribution in [0.1, 0.15) is 16.2 Å². The van der Waals surface area contributed by atoms with Gasteiger partial charge in [-0.3, -0.25) is 4.79 Å². The van der Waals surface area contributed by atoms with Crippen LogP contribution in [0.3, 0.4) is 0 Å². The Kier molecular flexibility index (Phi) is 5.01. The van der Waals surface area contributed by atoms with Crippen molar-refractivity contribution in [3.63, 3.8) is 0 Å². The van der Waals surface area contributed by atoms with Gasteiger partial charge in [0.1, 0.15) is 11.5 Å². The van der Waals surface area contributed by atoms with Crippen LogP contribution in [0.4, 0.5) is 5.82 Å². The van der Waals surface area contributed by atoms with Crippen LogP contribution in [0.2, 0.25) is 5.02 Å². The minimum atomic E-state index is -0.211. The van der Waals surface area contributed by atoms with Crippen LogP contribution in [-0.4, -0.2) is 41.8 Å². The van der Waals surface area contributed by atoms with Crippen molar-refractivity contribution < 1.29 is 9.53 Å². The Morgan fingerprint density at radius 2 is 1.96 bits per heavy atom. The first-order valence-corrected chi connectivity index (χ1v) is 9.32. The summed E-state index contributed by atoms with van der Waals surface area (Å²) in [6.45, 7) is 3.42. The average Bonchev–Trinajstić information content (AvgIpc) is 2.98. The lowest BCUT2D eigenvalue weighted by molar-refractivity contribution is 0.0943. The quantitative estimate of drug-likeness (QED) is 0.751. The molecule has 3 aromatic rings. The number of pyridine rings is 1. The standard InChI is InChI=1S/C20H21ClN4O2/c1-24-16-7-3-2-6-15(16)18(21)19(24)20(26)22-13-14-5-4-8-17(23-14)25-9-11-27-12-10-25/h2-8H,9-13H2,1H3,(H,22,26). The fourth-order valence-electron chi connectivity index (χ4n) is 3.39. The maximum absolute atomic E-state index is 12.7. The topological polar surface area (TPSA) is 59.4 Å². The number of carbonyl (C=O) groups is 1. The summed E-state index contributed by atoms with van der Waals surface area (Å²) >= 11 is 6.45. The Morgan fingerprint density at radius 1 is 1.19 bits per heavy atom. The number of aryl methyl sites for hydroxylation is 1. The number of aromatic nitrogens is 2. The van der Waals surface area contributed by atoms with Crippen molar-refractivity contribution in [2.24, 2.45) is 7.05 Å². The molecule has 1 aliphatic rings. The Labute approximate surface area is 162 Å². The molecule has 27 heavy (non-hydrogen) atoms. The Morgan fingerprint density at radius 3 is 2.74 bits per heavy atom. The van der Waals surface area contributed by atoms with Crippen LogP contribution in [0.25, 0.3) is 10.9 Å². The zero-order valence-corrected chi connectivity index (χ0v) is 15.9. The molecule has 1 aliphatic heterocycles. The van der Waals surface area contributed by atoms with Crippen LogP contribution in [0.15, 0.2) is 42.5 Å². The number of nitrogens with one attached hydrogen (secondary N) is 1. The van der Waals surface area contributed by atoms with E-state index in [-0.39, 0.29) is 5.91 Å². The van der Waals surface area contributed by atoms with Gasteiger partial charge < -0.3 is 19.5 Å². The van der Waals surface area contributed by atoms with E-state index in [1.807, 2.05) is 54.1 Å². The van der Waals surface area contributed by atoms with Crippen LogP contribution >= 0.6 is 11.6 Å². The number of halogens is 1. The maximum atomic E-state index is 12.7. The number of benzene rings is 1. The Balaban J connectivity index is 1.50. The highest BCUT2D eigenvalue weighted by Gasteiger charge is 2.19. The fraction of sp³-hybridized carbons (Fsp3) is 0.300. The van der Waals surface area contributed by atoms with E-state index >= 15 is 0 Å². The largest absolute Gasteiger partial charge is 0.378 e.